The van der Waals surface area contributed by atoms with Gasteiger partial charge in [0, 0.05) is 25.7 Å². The summed E-state index contributed by atoms with van der Waals surface area (Å²) in [7, 11) is 1.87. The van der Waals surface area contributed by atoms with E-state index in [4.69, 9.17) is 5.73 Å². The van der Waals surface area contributed by atoms with Gasteiger partial charge in [-0.2, -0.15) is 0 Å². The van der Waals surface area contributed by atoms with Crippen molar-refractivity contribution in [3.8, 4) is 0 Å². The summed E-state index contributed by atoms with van der Waals surface area (Å²) in [6, 6.07) is 7.76. The molecule has 0 atom stereocenters. The number of benzene rings is 1. The van der Waals surface area contributed by atoms with E-state index in [-0.39, 0.29) is 5.91 Å². The van der Waals surface area contributed by atoms with Crippen LogP contribution in [0.3, 0.4) is 0 Å². The first kappa shape index (κ1) is 14.9. The highest BCUT2D eigenvalue weighted by molar-refractivity contribution is 5.76. The number of nitrogens with zero attached hydrogens (tertiary/aromatic N) is 1. The van der Waals surface area contributed by atoms with Gasteiger partial charge in [-0.15, -0.1) is 0 Å². The summed E-state index contributed by atoms with van der Waals surface area (Å²) in [5, 5.41) is 0. The van der Waals surface area contributed by atoms with Crippen LogP contribution in [0.2, 0.25) is 0 Å². The van der Waals surface area contributed by atoms with E-state index in [1.165, 1.54) is 32.1 Å². The normalized spacial score (nSPS) is 16.1. The van der Waals surface area contributed by atoms with Crippen LogP contribution in [0.1, 0.15) is 50.5 Å². The first-order chi connectivity index (χ1) is 9.66. The molecule has 0 heterocycles. The van der Waals surface area contributed by atoms with Crippen molar-refractivity contribution in [2.24, 2.45) is 5.92 Å². The lowest BCUT2D eigenvalue weighted by Gasteiger charge is -2.23. The SMILES string of the molecule is CN(Cc1ccccc1N)C(=O)CCC1CCCCC1. The molecule has 2 rings (SSSR count). The number of hydrogen-bond acceptors (Lipinski definition) is 2. The van der Waals surface area contributed by atoms with Crippen molar-refractivity contribution in [2.45, 2.75) is 51.5 Å². The highest BCUT2D eigenvalue weighted by Gasteiger charge is 2.16. The minimum Gasteiger partial charge on any atom is -0.398 e. The molecule has 1 aliphatic carbocycles. The largest absolute Gasteiger partial charge is 0.398 e. The number of amides is 1. The third kappa shape index (κ3) is 4.26. The zero-order chi connectivity index (χ0) is 14.4. The fraction of sp³-hybridized carbons (Fsp3) is 0.588. The number of hydrogen-bond donors (Lipinski definition) is 1. The Labute approximate surface area is 122 Å². The van der Waals surface area contributed by atoms with Crippen LogP contribution in [0.5, 0.6) is 0 Å². The van der Waals surface area contributed by atoms with Crippen LogP contribution in [0.4, 0.5) is 5.69 Å². The first-order valence-electron chi connectivity index (χ1n) is 7.74. The fourth-order valence-electron chi connectivity index (χ4n) is 3.02. The molecule has 3 nitrogen and oxygen atoms in total. The number of nitrogen functional groups attached to an aromatic ring is 1. The van der Waals surface area contributed by atoms with Crippen LogP contribution in [0.25, 0.3) is 0 Å². The molecule has 1 aliphatic rings. The summed E-state index contributed by atoms with van der Waals surface area (Å²) in [5.41, 5.74) is 7.71. The fourth-order valence-corrected chi connectivity index (χ4v) is 3.02. The molecule has 0 radical (unpaired) electrons. The Kier molecular flexibility index (Phi) is 5.45. The summed E-state index contributed by atoms with van der Waals surface area (Å²) in [6.07, 6.45) is 8.40. The number of carbonyl (C=O) groups is 1. The first-order valence-corrected chi connectivity index (χ1v) is 7.74. The van der Waals surface area contributed by atoms with Gasteiger partial charge in [0.1, 0.15) is 0 Å². The van der Waals surface area contributed by atoms with Crippen LogP contribution in [0.15, 0.2) is 24.3 Å². The molecule has 0 unspecified atom stereocenters. The van der Waals surface area contributed by atoms with E-state index in [1.807, 2.05) is 31.3 Å². The van der Waals surface area contributed by atoms with Gasteiger partial charge in [0.2, 0.25) is 5.91 Å². The monoisotopic (exact) mass is 274 g/mol. The molecule has 1 amide bonds. The summed E-state index contributed by atoms with van der Waals surface area (Å²) in [5.74, 6) is 1.00. The van der Waals surface area contributed by atoms with E-state index in [0.29, 0.717) is 13.0 Å². The number of carbonyl (C=O) groups excluding carboxylic acids is 1. The zero-order valence-corrected chi connectivity index (χ0v) is 12.5. The van der Waals surface area contributed by atoms with Gasteiger partial charge in [-0.05, 0) is 24.0 Å². The van der Waals surface area contributed by atoms with Gasteiger partial charge in [-0.25, -0.2) is 0 Å². The molecule has 1 aromatic carbocycles. The molecule has 20 heavy (non-hydrogen) atoms. The van der Waals surface area contributed by atoms with Gasteiger partial charge in [0.15, 0.2) is 0 Å². The summed E-state index contributed by atoms with van der Waals surface area (Å²) in [4.78, 5) is 14.0. The van der Waals surface area contributed by atoms with Crippen molar-refractivity contribution < 1.29 is 4.79 Å². The van der Waals surface area contributed by atoms with Crippen molar-refractivity contribution in [3.63, 3.8) is 0 Å². The predicted octanol–water partition coefficient (Wildman–Crippen LogP) is 3.59. The minimum absolute atomic E-state index is 0.235. The highest BCUT2D eigenvalue weighted by atomic mass is 16.2. The molecule has 3 heteroatoms. The second-order valence-electron chi connectivity index (χ2n) is 5.99. The number of nitrogens with two attached hydrogens (primary N) is 1. The van der Waals surface area contributed by atoms with Crippen LogP contribution in [0, 0.1) is 5.92 Å². The van der Waals surface area contributed by atoms with Gasteiger partial charge in [-0.3, -0.25) is 4.79 Å². The van der Waals surface area contributed by atoms with Gasteiger partial charge < -0.3 is 10.6 Å². The average molecular weight is 274 g/mol. The van der Waals surface area contributed by atoms with E-state index in [0.717, 1.165) is 23.6 Å². The number of para-hydroxylation sites is 1. The molecule has 0 bridgehead atoms. The van der Waals surface area contributed by atoms with E-state index in [9.17, 15) is 4.79 Å². The van der Waals surface area contributed by atoms with Crippen LogP contribution in [-0.4, -0.2) is 17.9 Å². The van der Waals surface area contributed by atoms with Crippen molar-refractivity contribution in [1.29, 1.82) is 0 Å². The van der Waals surface area contributed by atoms with Gasteiger partial charge in [0.25, 0.3) is 0 Å². The maximum atomic E-state index is 12.2. The van der Waals surface area contributed by atoms with Crippen LogP contribution in [-0.2, 0) is 11.3 Å². The van der Waals surface area contributed by atoms with E-state index in [2.05, 4.69) is 0 Å². The molecule has 110 valence electrons. The lowest BCUT2D eigenvalue weighted by molar-refractivity contribution is -0.130. The van der Waals surface area contributed by atoms with E-state index < -0.39 is 0 Å². The summed E-state index contributed by atoms with van der Waals surface area (Å²) in [6.45, 7) is 0.607. The van der Waals surface area contributed by atoms with Gasteiger partial charge >= 0.3 is 0 Å². The standard InChI is InChI=1S/C17H26N2O/c1-19(13-15-9-5-6-10-16(15)18)17(20)12-11-14-7-3-2-4-8-14/h5-6,9-10,14H,2-4,7-8,11-13,18H2,1H3. The van der Waals surface area contributed by atoms with Crippen molar-refractivity contribution in [1.82, 2.24) is 4.90 Å². The Hall–Kier alpha value is -1.51. The zero-order valence-electron chi connectivity index (χ0n) is 12.5. The van der Waals surface area contributed by atoms with E-state index >= 15 is 0 Å². The van der Waals surface area contributed by atoms with Gasteiger partial charge in [0.05, 0.1) is 0 Å². The Balaban J connectivity index is 1.78. The molecule has 1 saturated carbocycles. The van der Waals surface area contributed by atoms with Crippen LogP contribution < -0.4 is 5.73 Å². The van der Waals surface area contributed by atoms with Crippen LogP contribution >= 0.6 is 0 Å². The predicted molar refractivity (Wildman–Crippen MR) is 83.1 cm³/mol. The Morgan fingerprint density at radius 2 is 1.95 bits per heavy atom. The lowest BCUT2D eigenvalue weighted by atomic mass is 9.86. The molecule has 2 N–H and O–H groups in total. The maximum Gasteiger partial charge on any atom is 0.222 e. The van der Waals surface area contributed by atoms with Crippen molar-refractivity contribution in [3.05, 3.63) is 29.8 Å². The van der Waals surface area contributed by atoms with Crippen molar-refractivity contribution in [2.75, 3.05) is 12.8 Å². The molecule has 0 aliphatic heterocycles. The topological polar surface area (TPSA) is 46.3 Å². The third-order valence-electron chi connectivity index (χ3n) is 4.38. The van der Waals surface area contributed by atoms with E-state index in [1.54, 1.807) is 4.90 Å². The number of anilines is 1. The molecular formula is C17H26N2O. The smallest absolute Gasteiger partial charge is 0.222 e. The second kappa shape index (κ2) is 7.32. The molecule has 0 aromatic heterocycles. The van der Waals surface area contributed by atoms with Crippen molar-refractivity contribution >= 4 is 11.6 Å². The average Bonchev–Trinajstić information content (AvgIpc) is 2.48. The molecular weight excluding hydrogens is 248 g/mol. The Morgan fingerprint density at radius 1 is 1.25 bits per heavy atom. The molecule has 0 saturated heterocycles. The Morgan fingerprint density at radius 3 is 2.65 bits per heavy atom. The lowest BCUT2D eigenvalue weighted by Crippen LogP contribution is -2.27. The maximum absolute atomic E-state index is 12.2. The Bertz CT molecular complexity index is 438. The molecule has 1 aromatic rings. The molecule has 1 fully saturated rings. The third-order valence-corrected chi connectivity index (χ3v) is 4.38. The summed E-state index contributed by atoms with van der Waals surface area (Å²) >= 11 is 0. The molecule has 0 spiro atoms. The minimum atomic E-state index is 0.235. The quantitative estimate of drug-likeness (QED) is 0.834. The second-order valence-corrected chi connectivity index (χ2v) is 5.99. The summed E-state index contributed by atoms with van der Waals surface area (Å²) < 4.78 is 0. The number of rotatable bonds is 5. The highest BCUT2D eigenvalue weighted by Crippen LogP contribution is 2.27. The van der Waals surface area contributed by atoms with Gasteiger partial charge in [-0.1, -0.05) is 50.3 Å².